The van der Waals surface area contributed by atoms with Crippen LogP contribution in [0.4, 0.5) is 17.6 Å². The van der Waals surface area contributed by atoms with Crippen LogP contribution < -0.4 is 23.7 Å². The number of carbonyl (C=O) groups is 3. The fourth-order valence-electron chi connectivity index (χ4n) is 9.00. The maximum Gasteiger partial charge on any atom is 0.586 e. The summed E-state index contributed by atoms with van der Waals surface area (Å²) in [5.41, 5.74) is 8.97. The van der Waals surface area contributed by atoms with Gasteiger partial charge < -0.3 is 23.7 Å². The van der Waals surface area contributed by atoms with E-state index in [2.05, 4.69) is 65.4 Å². The largest absolute Gasteiger partial charge is 0.586 e. The van der Waals surface area contributed by atoms with Crippen LogP contribution in [0, 0.1) is 34.6 Å². The number of ether oxygens (including phenoxy) is 5. The number of nitrogens with zero attached hydrogens (tertiary/aromatic N) is 3. The third kappa shape index (κ3) is 11.3. The Morgan fingerprint density at radius 3 is 1.58 bits per heavy atom. The minimum absolute atomic E-state index is 0.00541. The number of fused-ring (bicyclic) bond motifs is 2. The first kappa shape index (κ1) is 52.4. The molecule has 2 aliphatic heterocycles. The fraction of sp³-hybridized carbons (Fsp3) is 0.382. The Bertz CT molecular complexity index is 3100. The molecule has 10 rings (SSSR count). The second-order valence-corrected chi connectivity index (χ2v) is 33.9. The van der Waals surface area contributed by atoms with E-state index in [0.29, 0.717) is 71.8 Å². The number of benzene rings is 2. The van der Waals surface area contributed by atoms with Gasteiger partial charge >= 0.3 is 12.6 Å². The summed E-state index contributed by atoms with van der Waals surface area (Å²) in [6.45, 7) is 18.7. The van der Waals surface area contributed by atoms with Crippen LogP contribution in [0.3, 0.4) is 0 Å². The summed E-state index contributed by atoms with van der Waals surface area (Å²) in [7, 11) is 1.56. The quantitative estimate of drug-likeness (QED) is 0.0541. The number of hydrogen-bond acceptors (Lipinski definition) is 11. The van der Waals surface area contributed by atoms with Gasteiger partial charge in [0.2, 0.25) is 5.88 Å². The number of hydrogen-bond donors (Lipinski definition) is 0. The van der Waals surface area contributed by atoms with E-state index < -0.39 is 29.0 Å². The summed E-state index contributed by atoms with van der Waals surface area (Å²) in [6.07, 6.45) is 1.20. The molecule has 0 amide bonds. The average Bonchev–Trinajstić information content (AvgIpc) is 4.22. The van der Waals surface area contributed by atoms with Crippen molar-refractivity contribution in [2.24, 2.45) is 0 Å². The standard InChI is InChI=1S/C26H24F2N2O4.C26H23F2NO4.C3H9ISi/c1-14-9-19(24(32-4)29-13-14)23-16(3)15(2)10-18(30-23)12-22(31)25(7-8-25)17-5-6-20-21(11-17)34-26(27,28)33-20;1-14-4-6-20(30)19(10-14)24-16(3)15(2)11-18(29-24)13-23(31)25(8-9-25)17-5-7-21-22(12-17)33-26(27,28)32-21;1-5(2,3)4/h5-6,9-11,13H,7-8,12H2,1-4H3;4-5,7,10-12H,6,8-9,13H2,1-3H3;1-3H3. The number of Topliss-reactive ketones (excluding diaryl/α,β-unsaturated/α-hetero) is 3. The number of aryl methyl sites for hydroxylation is 3. The number of alkyl halides is 4. The number of ketones is 3. The van der Waals surface area contributed by atoms with Gasteiger partial charge in [-0.3, -0.25) is 24.4 Å². The van der Waals surface area contributed by atoms with Gasteiger partial charge in [-0.15, -0.1) is 39.4 Å². The molecular formula is C55H56F4IN3O8Si. The van der Waals surface area contributed by atoms with Crippen LogP contribution in [-0.2, 0) is 38.1 Å². The number of carbonyl (C=O) groups excluding carboxylic acids is 3. The van der Waals surface area contributed by atoms with Crippen molar-refractivity contribution < 1.29 is 55.6 Å². The highest BCUT2D eigenvalue weighted by Crippen LogP contribution is 2.54. The zero-order valence-corrected chi connectivity index (χ0v) is 45.0. The summed E-state index contributed by atoms with van der Waals surface area (Å²) in [5, 5.41) is 0. The lowest BCUT2D eigenvalue weighted by Crippen LogP contribution is -2.26. The zero-order chi connectivity index (χ0) is 52.3. The van der Waals surface area contributed by atoms with Crippen LogP contribution in [-0.4, -0.2) is 57.6 Å². The molecule has 11 nitrogen and oxygen atoms in total. The van der Waals surface area contributed by atoms with Crippen LogP contribution >= 0.6 is 21.8 Å². The van der Waals surface area contributed by atoms with Crippen LogP contribution in [0.5, 0.6) is 28.9 Å². The molecule has 378 valence electrons. The third-order valence-electron chi connectivity index (χ3n) is 13.3. The average molecular weight is 1120 g/mol. The molecule has 5 aliphatic rings. The van der Waals surface area contributed by atoms with E-state index in [0.717, 1.165) is 44.6 Å². The maximum absolute atomic E-state index is 13.4. The highest BCUT2D eigenvalue weighted by Gasteiger charge is 2.53. The van der Waals surface area contributed by atoms with Gasteiger partial charge in [0.25, 0.3) is 0 Å². The summed E-state index contributed by atoms with van der Waals surface area (Å²) in [5.74, 6) is 0.265. The van der Waals surface area contributed by atoms with Crippen molar-refractivity contribution in [1.29, 1.82) is 0 Å². The minimum Gasteiger partial charge on any atom is -0.481 e. The van der Waals surface area contributed by atoms with Crippen molar-refractivity contribution in [3.8, 4) is 40.1 Å². The molecule has 0 saturated heterocycles. The SMILES string of the molecule is CC1=CCC(=O)C(c2nc(CC(=O)C3(c4ccc5c(c4)OC(F)(F)O5)CC3)cc(C)c2C)=C1.COc1ncc(C)cc1-c1nc(CC(=O)C2(c3ccc4c(c3)OC(F)(F)O4)CC2)cc(C)c1C.C[Si](C)(C)I. The van der Waals surface area contributed by atoms with Crippen molar-refractivity contribution in [3.63, 3.8) is 0 Å². The Kier molecular flexibility index (Phi) is 14.2. The molecule has 0 N–H and O–H groups in total. The zero-order valence-electron chi connectivity index (χ0n) is 41.9. The lowest BCUT2D eigenvalue weighted by Gasteiger charge is -2.18. The molecule has 0 radical (unpaired) electrons. The number of halogens is 5. The Morgan fingerprint density at radius 2 is 1.12 bits per heavy atom. The van der Waals surface area contributed by atoms with Crippen LogP contribution in [0.25, 0.3) is 16.8 Å². The van der Waals surface area contributed by atoms with E-state index in [-0.39, 0.29) is 53.2 Å². The Balaban J connectivity index is 0.000000176. The Hall–Kier alpha value is -5.95. The van der Waals surface area contributed by atoms with E-state index in [1.54, 1.807) is 25.4 Å². The maximum atomic E-state index is 13.4. The molecule has 5 heterocycles. The lowest BCUT2D eigenvalue weighted by atomic mass is 9.87. The molecule has 0 atom stereocenters. The Labute approximate surface area is 430 Å². The smallest absolute Gasteiger partial charge is 0.481 e. The molecule has 2 aromatic carbocycles. The predicted molar refractivity (Wildman–Crippen MR) is 275 cm³/mol. The third-order valence-corrected chi connectivity index (χ3v) is 13.3. The molecule has 0 spiro atoms. The highest BCUT2D eigenvalue weighted by molar-refractivity contribution is 14.1. The molecule has 0 unspecified atom stereocenters. The first-order chi connectivity index (χ1) is 33.7. The first-order valence-electron chi connectivity index (χ1n) is 23.6. The van der Waals surface area contributed by atoms with Gasteiger partial charge in [0, 0.05) is 42.4 Å². The highest BCUT2D eigenvalue weighted by atomic mass is 127. The molecule has 3 aliphatic carbocycles. The number of methoxy groups -OCH3 is 1. The Morgan fingerprint density at radius 1 is 0.681 bits per heavy atom. The minimum atomic E-state index is -3.69. The van der Waals surface area contributed by atoms with E-state index >= 15 is 0 Å². The number of aromatic nitrogens is 3. The van der Waals surface area contributed by atoms with Crippen molar-refractivity contribution in [2.75, 3.05) is 7.11 Å². The fourth-order valence-corrected chi connectivity index (χ4v) is 9.00. The van der Waals surface area contributed by atoms with Gasteiger partial charge in [-0.1, -0.05) is 43.4 Å². The number of allylic oxidation sites excluding steroid dienone is 4. The molecule has 0 bridgehead atoms. The summed E-state index contributed by atoms with van der Waals surface area (Å²) in [4.78, 5) is 53.2. The number of rotatable bonds is 11. The van der Waals surface area contributed by atoms with Gasteiger partial charge in [0.15, 0.2) is 28.8 Å². The molecular weight excluding hydrogens is 1060 g/mol. The van der Waals surface area contributed by atoms with Gasteiger partial charge in [-0.25, -0.2) is 4.98 Å². The summed E-state index contributed by atoms with van der Waals surface area (Å²) < 4.78 is 77.2. The molecule has 3 aromatic heterocycles. The molecule has 17 heteroatoms. The van der Waals surface area contributed by atoms with E-state index in [1.807, 2.05) is 71.9 Å². The predicted octanol–water partition coefficient (Wildman–Crippen LogP) is 12.7. The van der Waals surface area contributed by atoms with Gasteiger partial charge in [-0.05, 0) is 155 Å². The first-order valence-corrected chi connectivity index (χ1v) is 30.2. The number of pyridine rings is 3. The monoisotopic (exact) mass is 1120 g/mol. The molecule has 5 aromatic rings. The van der Waals surface area contributed by atoms with Gasteiger partial charge in [0.05, 0.1) is 34.9 Å². The van der Waals surface area contributed by atoms with Crippen molar-refractivity contribution in [1.82, 2.24) is 15.0 Å². The normalized spacial score (nSPS) is 17.8. The second kappa shape index (κ2) is 19.5. The summed E-state index contributed by atoms with van der Waals surface area (Å²) in [6, 6.07) is 14.9. The van der Waals surface area contributed by atoms with Gasteiger partial charge in [0.1, 0.15) is 17.1 Å². The van der Waals surface area contributed by atoms with Crippen molar-refractivity contribution >= 4 is 50.3 Å². The second-order valence-electron chi connectivity index (χ2n) is 20.1. The lowest BCUT2D eigenvalue weighted by molar-refractivity contribution is -0.287. The van der Waals surface area contributed by atoms with Gasteiger partial charge in [-0.2, -0.15) is 0 Å². The molecule has 2 saturated carbocycles. The van der Waals surface area contributed by atoms with E-state index in [4.69, 9.17) is 14.7 Å². The molecule has 2 fully saturated rings. The van der Waals surface area contributed by atoms with Crippen molar-refractivity contribution in [2.45, 2.75) is 130 Å². The van der Waals surface area contributed by atoms with Crippen LogP contribution in [0.2, 0.25) is 19.6 Å². The van der Waals surface area contributed by atoms with Crippen LogP contribution in [0.1, 0.15) is 95.1 Å². The van der Waals surface area contributed by atoms with Crippen LogP contribution in [0.15, 0.2) is 78.5 Å². The van der Waals surface area contributed by atoms with E-state index in [1.165, 1.54) is 24.3 Å². The summed E-state index contributed by atoms with van der Waals surface area (Å²) >= 11 is 2.52. The molecule has 72 heavy (non-hydrogen) atoms. The van der Waals surface area contributed by atoms with E-state index in [9.17, 15) is 31.9 Å². The topological polar surface area (TPSA) is 136 Å². The van der Waals surface area contributed by atoms with Crippen molar-refractivity contribution in [3.05, 3.63) is 135 Å².